The normalized spacial score (nSPS) is 12.7. The van der Waals surface area contributed by atoms with Crippen LogP contribution in [0, 0.1) is 6.92 Å². The molecule has 0 amide bonds. The van der Waals surface area contributed by atoms with Crippen molar-refractivity contribution in [2.75, 3.05) is 0 Å². The van der Waals surface area contributed by atoms with Gasteiger partial charge in [0.1, 0.15) is 5.82 Å². The van der Waals surface area contributed by atoms with Gasteiger partial charge in [0, 0.05) is 24.5 Å². The zero-order valence-electron chi connectivity index (χ0n) is 10.0. The Hall–Kier alpha value is -1.17. The van der Waals surface area contributed by atoms with Crippen molar-refractivity contribution in [1.29, 1.82) is 0 Å². The molecule has 0 fully saturated rings. The highest BCUT2D eigenvalue weighted by molar-refractivity contribution is 6.35. The van der Waals surface area contributed by atoms with Gasteiger partial charge in [0.15, 0.2) is 5.82 Å². The molecule has 1 unspecified atom stereocenters. The van der Waals surface area contributed by atoms with Crippen LogP contribution < -0.4 is 5.32 Å². The quantitative estimate of drug-likeness (QED) is 0.906. The summed E-state index contributed by atoms with van der Waals surface area (Å²) in [7, 11) is 0. The Kier molecular flexibility index (Phi) is 4.16. The number of nitrogens with one attached hydrogen (secondary N) is 2. The summed E-state index contributed by atoms with van der Waals surface area (Å²) in [5.41, 5.74) is 0.826. The summed E-state index contributed by atoms with van der Waals surface area (Å²) in [6, 6.07) is 0.00949. The smallest absolute Gasteiger partial charge is 0.167 e. The van der Waals surface area contributed by atoms with Crippen molar-refractivity contribution >= 4 is 23.2 Å². The molecule has 2 aromatic rings. The number of nitrogens with zero attached hydrogens (tertiary/aromatic N) is 3. The predicted octanol–water partition coefficient (Wildman–Crippen LogP) is 2.67. The van der Waals surface area contributed by atoms with Crippen LogP contribution in [0.5, 0.6) is 0 Å². The van der Waals surface area contributed by atoms with E-state index in [0.717, 1.165) is 11.4 Å². The zero-order chi connectivity index (χ0) is 13.1. The minimum atomic E-state index is 0.00949. The maximum absolute atomic E-state index is 6.04. The Morgan fingerprint density at radius 1 is 1.33 bits per heavy atom. The van der Waals surface area contributed by atoms with Crippen LogP contribution in [0.3, 0.4) is 0 Å². The number of H-pyrrole nitrogens is 1. The van der Waals surface area contributed by atoms with Crippen LogP contribution >= 0.6 is 23.2 Å². The van der Waals surface area contributed by atoms with Crippen LogP contribution in [0.15, 0.2) is 12.4 Å². The number of hydrogen-bond acceptors (Lipinski definition) is 4. The summed E-state index contributed by atoms with van der Waals surface area (Å²) in [5.74, 6) is 1.51. The number of aromatic amines is 1. The van der Waals surface area contributed by atoms with Crippen LogP contribution in [0.1, 0.15) is 30.2 Å². The molecule has 2 heterocycles. The van der Waals surface area contributed by atoms with E-state index in [1.807, 2.05) is 13.8 Å². The van der Waals surface area contributed by atoms with E-state index < -0.39 is 0 Å². The molecule has 0 bridgehead atoms. The van der Waals surface area contributed by atoms with E-state index in [4.69, 9.17) is 23.2 Å². The summed E-state index contributed by atoms with van der Waals surface area (Å²) in [4.78, 5) is 8.17. The van der Waals surface area contributed by atoms with Crippen molar-refractivity contribution < 1.29 is 0 Å². The number of aromatic nitrogens is 4. The molecule has 0 radical (unpaired) electrons. The van der Waals surface area contributed by atoms with Crippen LogP contribution in [0.2, 0.25) is 10.0 Å². The van der Waals surface area contributed by atoms with Gasteiger partial charge in [-0.3, -0.25) is 10.1 Å². The number of pyridine rings is 1. The van der Waals surface area contributed by atoms with Gasteiger partial charge in [-0.2, -0.15) is 5.10 Å². The first-order chi connectivity index (χ1) is 8.58. The van der Waals surface area contributed by atoms with Crippen LogP contribution in [-0.2, 0) is 6.54 Å². The second-order valence-corrected chi connectivity index (χ2v) is 4.78. The summed E-state index contributed by atoms with van der Waals surface area (Å²) < 4.78 is 0. The van der Waals surface area contributed by atoms with Crippen molar-refractivity contribution in [2.45, 2.75) is 26.4 Å². The van der Waals surface area contributed by atoms with E-state index in [-0.39, 0.29) is 6.04 Å². The minimum Gasteiger partial charge on any atom is -0.303 e. The SMILES string of the molecule is Cc1nc(C(C)NCc2c(Cl)cncc2Cl)n[nH]1. The third-order valence-corrected chi connectivity index (χ3v) is 3.19. The Bertz CT molecular complexity index is 520. The average Bonchev–Trinajstić information content (AvgIpc) is 2.75. The lowest BCUT2D eigenvalue weighted by Crippen LogP contribution is -2.19. The lowest BCUT2D eigenvalue weighted by Gasteiger charge is -2.12. The first-order valence-corrected chi connectivity index (χ1v) is 6.23. The molecule has 1 atom stereocenters. The largest absolute Gasteiger partial charge is 0.303 e. The van der Waals surface area contributed by atoms with Crippen molar-refractivity contribution in [3.8, 4) is 0 Å². The van der Waals surface area contributed by atoms with E-state index in [1.165, 1.54) is 0 Å². The molecule has 2 rings (SSSR count). The van der Waals surface area contributed by atoms with Gasteiger partial charge >= 0.3 is 0 Å². The molecule has 5 nitrogen and oxygen atoms in total. The summed E-state index contributed by atoms with van der Waals surface area (Å²) >= 11 is 12.1. The van der Waals surface area contributed by atoms with E-state index in [9.17, 15) is 0 Å². The van der Waals surface area contributed by atoms with Crippen molar-refractivity contribution in [3.63, 3.8) is 0 Å². The fourth-order valence-electron chi connectivity index (χ4n) is 1.51. The third kappa shape index (κ3) is 2.98. The highest BCUT2D eigenvalue weighted by atomic mass is 35.5. The van der Waals surface area contributed by atoms with E-state index in [0.29, 0.717) is 22.4 Å². The first-order valence-electron chi connectivity index (χ1n) is 5.48. The van der Waals surface area contributed by atoms with Crippen LogP contribution in [0.25, 0.3) is 0 Å². The van der Waals surface area contributed by atoms with Crippen molar-refractivity contribution in [1.82, 2.24) is 25.5 Å². The molecule has 0 aliphatic carbocycles. The summed E-state index contributed by atoms with van der Waals surface area (Å²) in [6.45, 7) is 4.38. The fourth-order valence-corrected chi connectivity index (χ4v) is 2.01. The summed E-state index contributed by atoms with van der Waals surface area (Å²) in [6.07, 6.45) is 3.15. The van der Waals surface area contributed by atoms with Gasteiger partial charge < -0.3 is 5.32 Å². The maximum Gasteiger partial charge on any atom is 0.167 e. The van der Waals surface area contributed by atoms with Crippen LogP contribution in [0.4, 0.5) is 0 Å². The molecular weight excluding hydrogens is 273 g/mol. The Labute approximate surface area is 115 Å². The second-order valence-electron chi connectivity index (χ2n) is 3.96. The molecule has 2 N–H and O–H groups in total. The third-order valence-electron chi connectivity index (χ3n) is 2.54. The molecule has 18 heavy (non-hydrogen) atoms. The van der Waals surface area contributed by atoms with Crippen molar-refractivity contribution in [2.24, 2.45) is 0 Å². The first kappa shape index (κ1) is 13.3. The van der Waals surface area contributed by atoms with Crippen molar-refractivity contribution in [3.05, 3.63) is 39.7 Å². The van der Waals surface area contributed by atoms with Gasteiger partial charge in [0.25, 0.3) is 0 Å². The van der Waals surface area contributed by atoms with Gasteiger partial charge in [0.2, 0.25) is 0 Å². The molecule has 96 valence electrons. The fraction of sp³-hybridized carbons (Fsp3) is 0.364. The summed E-state index contributed by atoms with van der Waals surface area (Å²) in [5, 5.41) is 11.3. The molecule has 0 aliphatic heterocycles. The van der Waals surface area contributed by atoms with Gasteiger partial charge in [-0.05, 0) is 13.8 Å². The lowest BCUT2D eigenvalue weighted by atomic mass is 10.2. The van der Waals surface area contributed by atoms with Gasteiger partial charge in [0.05, 0.1) is 16.1 Å². The minimum absolute atomic E-state index is 0.00949. The molecule has 7 heteroatoms. The number of halogens is 2. The number of rotatable bonds is 4. The molecule has 0 saturated carbocycles. The Morgan fingerprint density at radius 2 is 2.00 bits per heavy atom. The van der Waals surface area contributed by atoms with E-state index in [2.05, 4.69) is 25.5 Å². The van der Waals surface area contributed by atoms with E-state index in [1.54, 1.807) is 12.4 Å². The maximum atomic E-state index is 6.04. The number of aryl methyl sites for hydroxylation is 1. The Morgan fingerprint density at radius 3 is 2.56 bits per heavy atom. The highest BCUT2D eigenvalue weighted by Gasteiger charge is 2.12. The standard InChI is InChI=1S/C11H13Cl2N5/c1-6(11-16-7(2)17-18-11)15-3-8-9(12)4-14-5-10(8)13/h4-6,15H,3H2,1-2H3,(H,16,17,18). The predicted molar refractivity (Wildman–Crippen MR) is 70.6 cm³/mol. The second kappa shape index (κ2) is 5.65. The molecular formula is C11H13Cl2N5. The molecule has 0 aliphatic rings. The molecule has 0 spiro atoms. The topological polar surface area (TPSA) is 66.5 Å². The lowest BCUT2D eigenvalue weighted by molar-refractivity contribution is 0.548. The number of hydrogen-bond donors (Lipinski definition) is 2. The van der Waals surface area contributed by atoms with Gasteiger partial charge in [-0.15, -0.1) is 0 Å². The van der Waals surface area contributed by atoms with E-state index >= 15 is 0 Å². The average molecular weight is 286 g/mol. The van der Waals surface area contributed by atoms with Crippen LogP contribution in [-0.4, -0.2) is 20.2 Å². The molecule has 0 saturated heterocycles. The molecule has 0 aromatic carbocycles. The van der Waals surface area contributed by atoms with Gasteiger partial charge in [-0.1, -0.05) is 23.2 Å². The monoisotopic (exact) mass is 285 g/mol. The van der Waals surface area contributed by atoms with Gasteiger partial charge in [-0.25, -0.2) is 4.98 Å². The Balaban J connectivity index is 2.03. The molecule has 2 aromatic heterocycles. The highest BCUT2D eigenvalue weighted by Crippen LogP contribution is 2.23. The zero-order valence-corrected chi connectivity index (χ0v) is 11.5.